The van der Waals surface area contributed by atoms with Gasteiger partial charge >= 0.3 is 0 Å². The lowest BCUT2D eigenvalue weighted by Crippen LogP contribution is -2.08. The summed E-state index contributed by atoms with van der Waals surface area (Å²) in [5, 5.41) is 4.07. The van der Waals surface area contributed by atoms with E-state index in [-0.39, 0.29) is 10.6 Å². The molecule has 5 nitrogen and oxygen atoms in total. The summed E-state index contributed by atoms with van der Waals surface area (Å²) in [7, 11) is 3.44. The molecule has 0 radical (unpaired) electrons. The molecule has 0 fully saturated rings. The number of rotatable bonds is 5. The summed E-state index contributed by atoms with van der Waals surface area (Å²) >= 11 is 3.26. The van der Waals surface area contributed by atoms with Crippen molar-refractivity contribution in [3.05, 3.63) is 40.1 Å². The van der Waals surface area contributed by atoms with E-state index < -0.39 is 9.05 Å². The van der Waals surface area contributed by atoms with E-state index in [1.54, 1.807) is 23.9 Å². The largest absolute Gasteiger partial charge is 0.491 e. The van der Waals surface area contributed by atoms with Crippen LogP contribution >= 0.6 is 26.6 Å². The third-order valence-electron chi connectivity index (χ3n) is 3.00. The lowest BCUT2D eigenvalue weighted by atomic mass is 10.2. The maximum absolute atomic E-state index is 11.7. The number of hydrogen-bond donors (Lipinski definition) is 0. The molecule has 0 N–H and O–H groups in total. The second kappa shape index (κ2) is 6.37. The Kier molecular flexibility index (Phi) is 4.95. The van der Waals surface area contributed by atoms with Crippen molar-refractivity contribution in [3.8, 4) is 5.75 Å². The van der Waals surface area contributed by atoms with E-state index in [1.807, 2.05) is 13.1 Å². The first-order valence-corrected chi connectivity index (χ1v) is 9.24. The molecule has 0 aliphatic rings. The van der Waals surface area contributed by atoms with Crippen LogP contribution in [-0.2, 0) is 22.5 Å². The van der Waals surface area contributed by atoms with Crippen LogP contribution in [0.25, 0.3) is 0 Å². The second-order valence-electron chi connectivity index (χ2n) is 4.53. The van der Waals surface area contributed by atoms with E-state index in [2.05, 4.69) is 21.0 Å². The summed E-state index contributed by atoms with van der Waals surface area (Å²) in [5.74, 6) is 0.287. The fourth-order valence-electron chi connectivity index (χ4n) is 1.97. The highest BCUT2D eigenvalue weighted by atomic mass is 79.9. The molecule has 21 heavy (non-hydrogen) atoms. The third kappa shape index (κ3) is 3.99. The number of nitrogens with zero attached hydrogens (tertiary/aromatic N) is 2. The van der Waals surface area contributed by atoms with Gasteiger partial charge in [-0.3, -0.25) is 4.68 Å². The average molecular weight is 394 g/mol. The van der Waals surface area contributed by atoms with Gasteiger partial charge in [-0.2, -0.15) is 5.10 Å². The SMILES string of the molecule is Cc1cc(Br)cc(S(=O)(=O)Cl)c1OCCc1ccnn1C. The zero-order valence-corrected chi connectivity index (χ0v) is 14.7. The smallest absolute Gasteiger partial charge is 0.265 e. The second-order valence-corrected chi connectivity index (χ2v) is 7.98. The van der Waals surface area contributed by atoms with E-state index in [0.717, 1.165) is 5.69 Å². The minimum absolute atomic E-state index is 0.0268. The molecule has 0 aliphatic carbocycles. The monoisotopic (exact) mass is 392 g/mol. The van der Waals surface area contributed by atoms with Crippen LogP contribution in [0.15, 0.2) is 33.8 Å². The van der Waals surface area contributed by atoms with Gasteiger partial charge in [-0.25, -0.2) is 8.42 Å². The molecule has 2 aromatic rings. The Balaban J connectivity index is 2.22. The van der Waals surface area contributed by atoms with Gasteiger partial charge in [0, 0.05) is 40.5 Å². The van der Waals surface area contributed by atoms with Crippen LogP contribution in [0.4, 0.5) is 0 Å². The predicted octanol–water partition coefficient (Wildman–Crippen LogP) is 3.04. The highest BCUT2D eigenvalue weighted by Crippen LogP contribution is 2.33. The quantitative estimate of drug-likeness (QED) is 0.733. The molecule has 0 saturated heterocycles. The number of aryl methyl sites for hydroxylation is 2. The number of halogens is 2. The molecule has 1 aromatic carbocycles. The van der Waals surface area contributed by atoms with Gasteiger partial charge in [0.1, 0.15) is 10.6 Å². The summed E-state index contributed by atoms with van der Waals surface area (Å²) in [4.78, 5) is -0.0268. The molecule has 8 heteroatoms. The standard InChI is InChI=1S/C13H14BrClN2O3S/c1-9-7-10(14)8-12(21(15,18)19)13(9)20-6-4-11-3-5-16-17(11)2/h3,5,7-8H,4,6H2,1-2H3. The number of hydrogen-bond acceptors (Lipinski definition) is 4. The number of aromatic nitrogens is 2. The first-order chi connectivity index (χ1) is 9.79. The van der Waals surface area contributed by atoms with Crippen LogP contribution in [-0.4, -0.2) is 24.8 Å². The predicted molar refractivity (Wildman–Crippen MR) is 84.3 cm³/mol. The lowest BCUT2D eigenvalue weighted by molar-refractivity contribution is 0.308. The van der Waals surface area contributed by atoms with Gasteiger partial charge in [-0.1, -0.05) is 15.9 Å². The van der Waals surface area contributed by atoms with E-state index in [1.165, 1.54) is 6.07 Å². The summed E-state index contributed by atoms with van der Waals surface area (Å²) in [5.41, 5.74) is 1.70. The zero-order chi connectivity index (χ0) is 15.6. The summed E-state index contributed by atoms with van der Waals surface area (Å²) < 4.78 is 31.3. The van der Waals surface area contributed by atoms with Crippen molar-refractivity contribution in [1.82, 2.24) is 9.78 Å². The zero-order valence-electron chi connectivity index (χ0n) is 11.5. The van der Waals surface area contributed by atoms with Crippen molar-refractivity contribution in [3.63, 3.8) is 0 Å². The molecule has 1 aromatic heterocycles. The Morgan fingerprint density at radius 3 is 2.71 bits per heavy atom. The molecular formula is C13H14BrClN2O3S. The first-order valence-electron chi connectivity index (χ1n) is 6.13. The van der Waals surface area contributed by atoms with Crippen molar-refractivity contribution in [2.75, 3.05) is 6.61 Å². The normalized spacial score (nSPS) is 11.6. The average Bonchev–Trinajstić information content (AvgIpc) is 2.76. The molecule has 0 amide bonds. The van der Waals surface area contributed by atoms with Crippen LogP contribution < -0.4 is 4.74 Å². The van der Waals surface area contributed by atoms with Crippen molar-refractivity contribution >= 4 is 35.7 Å². The van der Waals surface area contributed by atoms with Gasteiger partial charge in [-0.05, 0) is 30.7 Å². The summed E-state index contributed by atoms with van der Waals surface area (Å²) in [6.07, 6.45) is 2.32. The Labute approximate surface area is 136 Å². The molecule has 0 spiro atoms. The molecule has 2 rings (SSSR count). The van der Waals surface area contributed by atoms with E-state index in [9.17, 15) is 8.42 Å². The molecule has 0 saturated carbocycles. The van der Waals surface area contributed by atoms with Gasteiger partial charge in [0.2, 0.25) is 0 Å². The Hall–Kier alpha value is -1.05. The van der Waals surface area contributed by atoms with E-state index in [0.29, 0.717) is 23.1 Å². The molecular weight excluding hydrogens is 380 g/mol. The summed E-state index contributed by atoms with van der Waals surface area (Å²) in [6.45, 7) is 2.11. The van der Waals surface area contributed by atoms with Crippen molar-refractivity contribution in [1.29, 1.82) is 0 Å². The molecule has 114 valence electrons. The highest BCUT2D eigenvalue weighted by molar-refractivity contribution is 9.10. The Morgan fingerprint density at radius 2 is 2.14 bits per heavy atom. The molecule has 0 aliphatic heterocycles. The third-order valence-corrected chi connectivity index (χ3v) is 4.78. The van der Waals surface area contributed by atoms with Crippen LogP contribution in [0.5, 0.6) is 5.75 Å². The molecule has 0 bridgehead atoms. The maximum atomic E-state index is 11.7. The van der Waals surface area contributed by atoms with Crippen molar-refractivity contribution in [2.24, 2.45) is 7.05 Å². The van der Waals surface area contributed by atoms with E-state index >= 15 is 0 Å². The van der Waals surface area contributed by atoms with Crippen LogP contribution in [0.1, 0.15) is 11.3 Å². The van der Waals surface area contributed by atoms with Crippen LogP contribution in [0.2, 0.25) is 0 Å². The fraction of sp³-hybridized carbons (Fsp3) is 0.308. The van der Waals surface area contributed by atoms with Gasteiger partial charge in [0.15, 0.2) is 0 Å². The fourth-order valence-corrected chi connectivity index (χ4v) is 3.75. The van der Waals surface area contributed by atoms with E-state index in [4.69, 9.17) is 15.4 Å². The molecule has 0 atom stereocenters. The minimum atomic E-state index is -3.87. The lowest BCUT2D eigenvalue weighted by Gasteiger charge is -2.13. The highest BCUT2D eigenvalue weighted by Gasteiger charge is 2.20. The van der Waals surface area contributed by atoms with Crippen LogP contribution in [0, 0.1) is 6.92 Å². The van der Waals surface area contributed by atoms with Gasteiger partial charge < -0.3 is 4.74 Å². The topological polar surface area (TPSA) is 61.2 Å². The first kappa shape index (κ1) is 16.3. The van der Waals surface area contributed by atoms with Crippen molar-refractivity contribution < 1.29 is 13.2 Å². The number of benzene rings is 1. The van der Waals surface area contributed by atoms with Crippen LogP contribution in [0.3, 0.4) is 0 Å². The maximum Gasteiger partial charge on any atom is 0.265 e. The summed E-state index contributed by atoms with van der Waals surface area (Å²) in [6, 6.07) is 5.11. The minimum Gasteiger partial charge on any atom is -0.491 e. The van der Waals surface area contributed by atoms with Crippen molar-refractivity contribution in [2.45, 2.75) is 18.2 Å². The molecule has 1 heterocycles. The van der Waals surface area contributed by atoms with Gasteiger partial charge in [0.05, 0.1) is 6.61 Å². The van der Waals surface area contributed by atoms with Gasteiger partial charge in [0.25, 0.3) is 9.05 Å². The molecule has 0 unspecified atom stereocenters. The van der Waals surface area contributed by atoms with Gasteiger partial charge in [-0.15, -0.1) is 0 Å². The Bertz CT molecular complexity index is 759. The number of ether oxygens (including phenoxy) is 1. The Morgan fingerprint density at radius 1 is 1.43 bits per heavy atom.